The SMILES string of the molecule is CCCCCCCSc1ccc(-c2ncc(CCC)cn2)cc1.CCCCCCCSc1ccc(-c2ncc(CCCC)cn2)cc1.CCCCCCCSc1ccc(-c2ncc(CCCCC)cn2)cc1.CCCCCCCSc1ccc(-c2ncc(CCCCCCC)cn2)cc1. The molecule has 0 aliphatic heterocycles. The number of thioether (sulfide) groups is 4. The molecule has 8 nitrogen and oxygen atoms in total. The third kappa shape index (κ3) is 37.9. The molecule has 4 heterocycles. The van der Waals surface area contributed by atoms with E-state index in [1.54, 1.807) is 0 Å². The summed E-state index contributed by atoms with van der Waals surface area (Å²) in [5, 5.41) is 0. The van der Waals surface area contributed by atoms with Crippen LogP contribution in [0.2, 0.25) is 0 Å². The van der Waals surface area contributed by atoms with Crippen LogP contribution in [0.15, 0.2) is 166 Å². The Bertz CT molecular complexity index is 3170. The Morgan fingerprint density at radius 3 is 0.616 bits per heavy atom. The number of nitrogens with zero attached hydrogens (tertiary/aromatic N) is 8. The van der Waals surface area contributed by atoms with Crippen molar-refractivity contribution in [2.24, 2.45) is 0 Å². The fourth-order valence-electron chi connectivity index (χ4n) is 11.1. The van der Waals surface area contributed by atoms with Gasteiger partial charge in [0.2, 0.25) is 0 Å². The van der Waals surface area contributed by atoms with E-state index in [1.807, 2.05) is 96.6 Å². The first-order valence-corrected chi connectivity index (χ1v) is 42.9. The molecule has 12 heteroatoms. The second kappa shape index (κ2) is 56.2. The number of hydrogen-bond donors (Lipinski definition) is 0. The molecule has 0 aliphatic rings. The summed E-state index contributed by atoms with van der Waals surface area (Å²) in [6, 6.07) is 34.7. The molecule has 8 rings (SSSR count). The molecule has 0 fully saturated rings. The largest absolute Gasteiger partial charge is 0.236 e. The van der Waals surface area contributed by atoms with Gasteiger partial charge in [-0.3, -0.25) is 0 Å². The fraction of sp³-hybridized carbons (Fsp3) is 0.540. The molecule has 0 unspecified atom stereocenters. The van der Waals surface area contributed by atoms with Crippen molar-refractivity contribution in [2.45, 2.75) is 300 Å². The van der Waals surface area contributed by atoms with Crippen LogP contribution in [0.3, 0.4) is 0 Å². The molecule has 0 bridgehead atoms. The zero-order chi connectivity index (χ0) is 70.3. The van der Waals surface area contributed by atoms with Gasteiger partial charge in [-0.05, 0) is 164 Å². The van der Waals surface area contributed by atoms with Gasteiger partial charge in [0, 0.05) is 91.4 Å². The molecule has 0 saturated heterocycles. The predicted molar refractivity (Wildman–Crippen MR) is 436 cm³/mol. The van der Waals surface area contributed by atoms with Crippen LogP contribution in [0, 0.1) is 0 Å². The highest BCUT2D eigenvalue weighted by Crippen LogP contribution is 2.28. The normalized spacial score (nSPS) is 10.9. The summed E-state index contributed by atoms with van der Waals surface area (Å²) in [5.74, 6) is 8.17. The third-order valence-corrected chi connectivity index (χ3v) is 21.7. The lowest BCUT2D eigenvalue weighted by molar-refractivity contribution is 0.631. The Kier molecular flexibility index (Phi) is 47.8. The summed E-state index contributed by atoms with van der Waals surface area (Å²) in [6.45, 7) is 17.9. The molecule has 0 saturated carbocycles. The second-order valence-corrected chi connectivity index (χ2v) is 31.0. The Labute approximate surface area is 619 Å². The average Bonchev–Trinajstić information content (AvgIpc) is 1.01. The van der Waals surface area contributed by atoms with E-state index in [-0.39, 0.29) is 0 Å². The van der Waals surface area contributed by atoms with Crippen LogP contribution >= 0.6 is 47.0 Å². The lowest BCUT2D eigenvalue weighted by Crippen LogP contribution is -1.93. The van der Waals surface area contributed by atoms with Gasteiger partial charge in [-0.25, -0.2) is 39.9 Å². The molecular formula is C87H126N8S4. The maximum Gasteiger partial charge on any atom is 0.159 e. The summed E-state index contributed by atoms with van der Waals surface area (Å²) >= 11 is 7.82. The molecule has 4 aromatic carbocycles. The smallest absolute Gasteiger partial charge is 0.159 e. The summed E-state index contributed by atoms with van der Waals surface area (Å²) in [4.78, 5) is 41.6. The Balaban J connectivity index is 0.000000239. The highest BCUT2D eigenvalue weighted by Gasteiger charge is 2.08. The topological polar surface area (TPSA) is 103 Å². The number of aryl methyl sites for hydroxylation is 4. The Hall–Kier alpha value is -5.40. The van der Waals surface area contributed by atoms with Crippen molar-refractivity contribution in [3.8, 4) is 45.6 Å². The van der Waals surface area contributed by atoms with Crippen molar-refractivity contribution in [1.29, 1.82) is 0 Å². The summed E-state index contributed by atoms with van der Waals surface area (Å²) in [7, 11) is 0. The first-order chi connectivity index (χ1) is 48.8. The van der Waals surface area contributed by atoms with E-state index >= 15 is 0 Å². The van der Waals surface area contributed by atoms with E-state index in [4.69, 9.17) is 0 Å². The van der Waals surface area contributed by atoms with Crippen LogP contribution in [0.25, 0.3) is 45.6 Å². The van der Waals surface area contributed by atoms with Crippen molar-refractivity contribution in [3.05, 3.63) is 169 Å². The van der Waals surface area contributed by atoms with Gasteiger partial charge in [-0.1, -0.05) is 258 Å². The van der Waals surface area contributed by atoms with Gasteiger partial charge in [-0.2, -0.15) is 0 Å². The Morgan fingerprint density at radius 1 is 0.192 bits per heavy atom. The first-order valence-electron chi connectivity index (χ1n) is 39.0. The van der Waals surface area contributed by atoms with Crippen molar-refractivity contribution >= 4 is 47.0 Å². The maximum absolute atomic E-state index is 4.58. The molecule has 538 valence electrons. The van der Waals surface area contributed by atoms with Gasteiger partial charge in [0.1, 0.15) is 0 Å². The highest BCUT2D eigenvalue weighted by atomic mass is 32.2. The van der Waals surface area contributed by atoms with Gasteiger partial charge in [0.25, 0.3) is 0 Å². The minimum absolute atomic E-state index is 0.820. The van der Waals surface area contributed by atoms with Crippen LogP contribution in [0.1, 0.15) is 277 Å². The lowest BCUT2D eigenvalue weighted by Gasteiger charge is -2.05. The third-order valence-electron chi connectivity index (χ3n) is 17.3. The van der Waals surface area contributed by atoms with Crippen LogP contribution in [-0.4, -0.2) is 62.9 Å². The van der Waals surface area contributed by atoms with Crippen LogP contribution in [0.5, 0.6) is 0 Å². The zero-order valence-corrected chi connectivity index (χ0v) is 65.9. The van der Waals surface area contributed by atoms with Crippen molar-refractivity contribution in [1.82, 2.24) is 39.9 Å². The average molecular weight is 1410 g/mol. The molecule has 0 radical (unpaired) electrons. The molecule has 0 N–H and O–H groups in total. The fourth-order valence-corrected chi connectivity index (χ4v) is 14.7. The van der Waals surface area contributed by atoms with Crippen molar-refractivity contribution in [2.75, 3.05) is 23.0 Å². The predicted octanol–water partition coefficient (Wildman–Crippen LogP) is 27.4. The number of benzene rings is 4. The number of rotatable bonds is 47. The minimum atomic E-state index is 0.820. The highest BCUT2D eigenvalue weighted by molar-refractivity contribution is 8.00. The summed E-state index contributed by atoms with van der Waals surface area (Å²) in [5.41, 5.74) is 9.36. The molecule has 4 aromatic heterocycles. The van der Waals surface area contributed by atoms with Crippen LogP contribution < -0.4 is 0 Å². The summed E-state index contributed by atoms with van der Waals surface area (Å²) < 4.78 is 0. The van der Waals surface area contributed by atoms with E-state index in [2.05, 4.69) is 192 Å². The van der Waals surface area contributed by atoms with Crippen LogP contribution in [0.4, 0.5) is 0 Å². The van der Waals surface area contributed by atoms with E-state index in [1.165, 1.54) is 257 Å². The molecule has 99 heavy (non-hydrogen) atoms. The van der Waals surface area contributed by atoms with Crippen molar-refractivity contribution < 1.29 is 0 Å². The maximum atomic E-state index is 4.58. The number of aromatic nitrogens is 8. The number of unbranched alkanes of at least 4 members (excludes halogenated alkanes) is 23. The molecule has 0 atom stereocenters. The second-order valence-electron chi connectivity index (χ2n) is 26.3. The summed E-state index contributed by atoms with van der Waals surface area (Å²) in [6.07, 6.45) is 60.9. The van der Waals surface area contributed by atoms with Gasteiger partial charge in [-0.15, -0.1) is 47.0 Å². The molecule has 8 aromatic rings. The monoisotopic (exact) mass is 1410 g/mol. The van der Waals surface area contributed by atoms with Gasteiger partial charge in [0.05, 0.1) is 0 Å². The van der Waals surface area contributed by atoms with E-state index in [0.717, 1.165) is 77.7 Å². The molecular weight excluding hydrogens is 1290 g/mol. The minimum Gasteiger partial charge on any atom is -0.236 e. The van der Waals surface area contributed by atoms with Gasteiger partial charge < -0.3 is 0 Å². The van der Waals surface area contributed by atoms with E-state index < -0.39 is 0 Å². The number of hydrogen-bond acceptors (Lipinski definition) is 12. The van der Waals surface area contributed by atoms with E-state index in [9.17, 15) is 0 Å². The molecule has 0 amide bonds. The molecule has 0 aliphatic carbocycles. The Morgan fingerprint density at radius 2 is 0.384 bits per heavy atom. The first kappa shape index (κ1) is 84.3. The van der Waals surface area contributed by atoms with Crippen molar-refractivity contribution in [3.63, 3.8) is 0 Å². The standard InChI is InChI=1S/C24H36N2S.C22H32N2S.C21H30N2S.C20H28N2S/c1-3-5-7-9-11-13-21-19-25-24(26-20-21)22-14-16-23(17-15-22)27-18-12-10-8-6-4-2;1-3-5-7-8-10-16-25-21-14-12-20(13-15-21)22-23-17-19(18-24-22)11-9-6-4-2;1-3-5-7-8-9-15-24-20-13-11-19(12-14-20)21-22-16-18(17-23-21)10-6-4-2;1-3-5-6-7-8-14-23-19-12-10-18(11-13-19)20-21-15-17(9-4-2)16-22-20/h14-17,19-20H,3-13,18H2,1-2H3;12-15,17-18H,3-11,16H2,1-2H3;11-14,16-17H,3-10,15H2,1-2H3;10-13,15-16H,3-9,14H2,1-2H3. The zero-order valence-electron chi connectivity index (χ0n) is 62.6. The van der Waals surface area contributed by atoms with Gasteiger partial charge in [0.15, 0.2) is 23.3 Å². The van der Waals surface area contributed by atoms with E-state index in [0.29, 0.717) is 0 Å². The lowest BCUT2D eigenvalue weighted by atomic mass is 10.1. The van der Waals surface area contributed by atoms with Crippen LogP contribution in [-0.2, 0) is 25.7 Å². The molecule has 0 spiro atoms. The van der Waals surface area contributed by atoms with Gasteiger partial charge >= 0.3 is 0 Å². The quantitative estimate of drug-likeness (QED) is 0.0268.